The van der Waals surface area contributed by atoms with Crippen LogP contribution in [0.1, 0.15) is 10.4 Å². The van der Waals surface area contributed by atoms with Crippen LogP contribution in [0.5, 0.6) is 0 Å². The van der Waals surface area contributed by atoms with Gasteiger partial charge in [-0.3, -0.25) is 9.89 Å². The molecule has 3 aromatic rings. The third-order valence-electron chi connectivity index (χ3n) is 2.88. The molecule has 3 rings (SSSR count). The molecule has 0 atom stereocenters. The number of anilines is 1. The number of fused-ring (bicyclic) bond motifs is 1. The zero-order valence-corrected chi connectivity index (χ0v) is 12.5. The number of carbonyl (C=O) groups excluding carboxylic acids is 1. The Morgan fingerprint density at radius 2 is 2.10 bits per heavy atom. The van der Waals surface area contributed by atoms with E-state index < -0.39 is 0 Å². The summed E-state index contributed by atoms with van der Waals surface area (Å²) in [6.07, 6.45) is 1.73. The van der Waals surface area contributed by atoms with Crippen molar-refractivity contribution in [2.24, 2.45) is 0 Å². The summed E-state index contributed by atoms with van der Waals surface area (Å²) in [5, 5.41) is 11.1. The number of aromatic nitrogens is 2. The third kappa shape index (κ3) is 2.55. The van der Waals surface area contributed by atoms with Crippen molar-refractivity contribution in [1.29, 1.82) is 0 Å². The van der Waals surface area contributed by atoms with E-state index in [1.54, 1.807) is 24.4 Å². The number of nitrogens with zero attached hydrogens (tertiary/aromatic N) is 1. The minimum Gasteiger partial charge on any atom is -0.322 e. The standard InChI is InChI=1S/C14H9BrClN3O/c15-11-4-2-8(5-12(11)16)14(20)18-10-3-1-9-7-17-19-13(9)6-10/h1-7H,(H,17,19)(H,18,20). The Kier molecular flexibility index (Phi) is 3.46. The largest absolute Gasteiger partial charge is 0.322 e. The topological polar surface area (TPSA) is 57.8 Å². The molecule has 4 nitrogen and oxygen atoms in total. The number of carbonyl (C=O) groups is 1. The number of amides is 1. The van der Waals surface area contributed by atoms with Crippen LogP contribution in [-0.2, 0) is 0 Å². The van der Waals surface area contributed by atoms with E-state index in [4.69, 9.17) is 11.6 Å². The zero-order chi connectivity index (χ0) is 14.1. The van der Waals surface area contributed by atoms with Crippen LogP contribution in [-0.4, -0.2) is 16.1 Å². The maximum absolute atomic E-state index is 12.1. The van der Waals surface area contributed by atoms with Gasteiger partial charge in [0.05, 0.1) is 16.7 Å². The van der Waals surface area contributed by atoms with Crippen LogP contribution in [0.25, 0.3) is 10.9 Å². The fourth-order valence-electron chi connectivity index (χ4n) is 1.86. The van der Waals surface area contributed by atoms with Gasteiger partial charge < -0.3 is 5.32 Å². The zero-order valence-electron chi connectivity index (χ0n) is 10.2. The highest BCUT2D eigenvalue weighted by molar-refractivity contribution is 9.10. The fraction of sp³-hybridized carbons (Fsp3) is 0. The van der Waals surface area contributed by atoms with Crippen LogP contribution >= 0.6 is 27.5 Å². The van der Waals surface area contributed by atoms with Gasteiger partial charge in [-0.05, 0) is 52.3 Å². The Labute approximate surface area is 128 Å². The molecule has 1 amide bonds. The molecule has 20 heavy (non-hydrogen) atoms. The lowest BCUT2D eigenvalue weighted by molar-refractivity contribution is 0.102. The molecule has 6 heteroatoms. The van der Waals surface area contributed by atoms with E-state index in [1.807, 2.05) is 18.2 Å². The summed E-state index contributed by atoms with van der Waals surface area (Å²) >= 11 is 9.28. The Morgan fingerprint density at radius 1 is 1.25 bits per heavy atom. The van der Waals surface area contributed by atoms with Gasteiger partial charge in [0.15, 0.2) is 0 Å². The van der Waals surface area contributed by atoms with Crippen molar-refractivity contribution in [3.05, 3.63) is 57.7 Å². The molecule has 0 bridgehead atoms. The second-order valence-electron chi connectivity index (χ2n) is 4.26. The van der Waals surface area contributed by atoms with Gasteiger partial charge in [-0.15, -0.1) is 0 Å². The molecule has 0 saturated heterocycles. The summed E-state index contributed by atoms with van der Waals surface area (Å²) in [6, 6.07) is 10.6. The molecule has 0 fully saturated rings. The van der Waals surface area contributed by atoms with Crippen molar-refractivity contribution < 1.29 is 4.79 Å². The average molecular weight is 351 g/mol. The first-order valence-electron chi connectivity index (χ1n) is 5.83. The van der Waals surface area contributed by atoms with Crippen LogP contribution in [0.15, 0.2) is 47.1 Å². The predicted molar refractivity (Wildman–Crippen MR) is 83.2 cm³/mol. The Hall–Kier alpha value is -1.85. The molecule has 0 unspecified atom stereocenters. The predicted octanol–water partition coefficient (Wildman–Crippen LogP) is 4.23. The summed E-state index contributed by atoms with van der Waals surface area (Å²) < 4.78 is 0.759. The number of H-pyrrole nitrogens is 1. The van der Waals surface area contributed by atoms with Gasteiger partial charge in [-0.1, -0.05) is 11.6 Å². The number of benzene rings is 2. The molecule has 100 valence electrons. The highest BCUT2D eigenvalue weighted by atomic mass is 79.9. The van der Waals surface area contributed by atoms with Crippen LogP contribution < -0.4 is 5.32 Å². The van der Waals surface area contributed by atoms with Crippen LogP contribution in [0, 0.1) is 0 Å². The van der Waals surface area contributed by atoms with Gasteiger partial charge in [-0.25, -0.2) is 0 Å². The molecule has 1 aromatic heterocycles. The Bertz CT molecular complexity index is 800. The van der Waals surface area contributed by atoms with E-state index >= 15 is 0 Å². The lowest BCUT2D eigenvalue weighted by Gasteiger charge is -2.06. The minimum absolute atomic E-state index is 0.210. The van der Waals surface area contributed by atoms with Crippen molar-refractivity contribution >= 4 is 50.0 Å². The van der Waals surface area contributed by atoms with Crippen molar-refractivity contribution in [2.45, 2.75) is 0 Å². The molecule has 0 saturated carbocycles. The van der Waals surface area contributed by atoms with Crippen molar-refractivity contribution in [3.8, 4) is 0 Å². The van der Waals surface area contributed by atoms with Gasteiger partial charge in [0, 0.05) is 21.1 Å². The quantitative estimate of drug-likeness (QED) is 0.726. The third-order valence-corrected chi connectivity index (χ3v) is 4.11. The summed E-state index contributed by atoms with van der Waals surface area (Å²) in [4.78, 5) is 12.1. The van der Waals surface area contributed by atoms with Crippen molar-refractivity contribution in [2.75, 3.05) is 5.32 Å². The normalized spacial score (nSPS) is 10.7. The van der Waals surface area contributed by atoms with Crippen LogP contribution in [0.2, 0.25) is 5.02 Å². The first-order chi connectivity index (χ1) is 9.63. The molecular formula is C14H9BrClN3O. The first kappa shape index (κ1) is 13.1. The molecule has 0 spiro atoms. The second kappa shape index (κ2) is 5.26. The highest BCUT2D eigenvalue weighted by Gasteiger charge is 2.09. The van der Waals surface area contributed by atoms with Gasteiger partial charge in [0.1, 0.15) is 0 Å². The molecule has 0 radical (unpaired) electrons. The smallest absolute Gasteiger partial charge is 0.255 e. The summed E-state index contributed by atoms with van der Waals surface area (Å²) in [6.45, 7) is 0. The van der Waals surface area contributed by atoms with E-state index in [2.05, 4.69) is 31.4 Å². The maximum Gasteiger partial charge on any atom is 0.255 e. The molecule has 0 aliphatic rings. The maximum atomic E-state index is 12.1. The first-order valence-corrected chi connectivity index (χ1v) is 7.00. The molecule has 2 aromatic carbocycles. The summed E-state index contributed by atoms with van der Waals surface area (Å²) in [5.74, 6) is -0.210. The van der Waals surface area contributed by atoms with Gasteiger partial charge >= 0.3 is 0 Å². The molecule has 2 N–H and O–H groups in total. The van der Waals surface area contributed by atoms with E-state index in [0.717, 1.165) is 15.4 Å². The number of hydrogen-bond acceptors (Lipinski definition) is 2. The van der Waals surface area contributed by atoms with Crippen LogP contribution in [0.3, 0.4) is 0 Å². The van der Waals surface area contributed by atoms with Crippen molar-refractivity contribution in [3.63, 3.8) is 0 Å². The van der Waals surface area contributed by atoms with Crippen LogP contribution in [0.4, 0.5) is 5.69 Å². The van der Waals surface area contributed by atoms with Gasteiger partial charge in [-0.2, -0.15) is 5.10 Å². The van der Waals surface area contributed by atoms with E-state index in [-0.39, 0.29) is 5.91 Å². The fourth-order valence-corrected chi connectivity index (χ4v) is 2.28. The SMILES string of the molecule is O=C(Nc1ccc2cn[nH]c2c1)c1ccc(Br)c(Cl)c1. The molecule has 0 aliphatic carbocycles. The average Bonchev–Trinajstić information content (AvgIpc) is 2.89. The molecule has 1 heterocycles. The Balaban J connectivity index is 1.85. The van der Waals surface area contributed by atoms with E-state index in [0.29, 0.717) is 16.3 Å². The molecular weight excluding hydrogens is 342 g/mol. The minimum atomic E-state index is -0.210. The van der Waals surface area contributed by atoms with E-state index in [9.17, 15) is 4.79 Å². The number of halogens is 2. The number of hydrogen-bond donors (Lipinski definition) is 2. The van der Waals surface area contributed by atoms with Gasteiger partial charge in [0.25, 0.3) is 5.91 Å². The number of nitrogens with one attached hydrogen (secondary N) is 2. The summed E-state index contributed by atoms with van der Waals surface area (Å²) in [7, 11) is 0. The lowest BCUT2D eigenvalue weighted by Crippen LogP contribution is -2.11. The monoisotopic (exact) mass is 349 g/mol. The Morgan fingerprint density at radius 3 is 2.90 bits per heavy atom. The second-order valence-corrected chi connectivity index (χ2v) is 5.52. The lowest BCUT2D eigenvalue weighted by atomic mass is 10.2. The molecule has 0 aliphatic heterocycles. The van der Waals surface area contributed by atoms with E-state index in [1.165, 1.54) is 0 Å². The highest BCUT2D eigenvalue weighted by Crippen LogP contribution is 2.24. The summed E-state index contributed by atoms with van der Waals surface area (Å²) in [5.41, 5.74) is 2.07. The van der Waals surface area contributed by atoms with Gasteiger partial charge in [0.2, 0.25) is 0 Å². The van der Waals surface area contributed by atoms with Crippen molar-refractivity contribution in [1.82, 2.24) is 10.2 Å². The number of aromatic amines is 1. The number of rotatable bonds is 2.